The van der Waals surface area contributed by atoms with Crippen LogP contribution in [0.2, 0.25) is 0 Å². The molecular weight excluding hydrogens is 184 g/mol. The van der Waals surface area contributed by atoms with Crippen LogP contribution < -0.4 is 10.2 Å². The van der Waals surface area contributed by atoms with E-state index in [-0.39, 0.29) is 23.5 Å². The van der Waals surface area contributed by atoms with Crippen LogP contribution >= 0.6 is 0 Å². The highest BCUT2D eigenvalue weighted by Gasteiger charge is 2.02. The second-order valence-corrected chi connectivity index (χ2v) is 2.95. The van der Waals surface area contributed by atoms with Crippen molar-refractivity contribution in [3.05, 3.63) is 28.1 Å². The van der Waals surface area contributed by atoms with Crippen molar-refractivity contribution < 1.29 is 14.3 Å². The highest BCUT2D eigenvalue weighted by Crippen LogP contribution is 2.08. The van der Waals surface area contributed by atoms with E-state index in [0.29, 0.717) is 6.61 Å². The van der Waals surface area contributed by atoms with E-state index in [1.807, 2.05) is 6.92 Å². The van der Waals surface area contributed by atoms with Crippen LogP contribution in [0.3, 0.4) is 0 Å². The Labute approximate surface area is 82.1 Å². The van der Waals surface area contributed by atoms with E-state index in [2.05, 4.69) is 0 Å². The SMILES string of the molecule is CCCCOc1cc(=O)c(CO)co1. The van der Waals surface area contributed by atoms with Crippen molar-refractivity contribution >= 4 is 0 Å². The molecule has 1 N–H and O–H groups in total. The van der Waals surface area contributed by atoms with Gasteiger partial charge < -0.3 is 14.3 Å². The molecule has 0 aliphatic heterocycles. The molecule has 4 nitrogen and oxygen atoms in total. The number of rotatable bonds is 5. The first-order valence-corrected chi connectivity index (χ1v) is 4.63. The van der Waals surface area contributed by atoms with E-state index < -0.39 is 0 Å². The quantitative estimate of drug-likeness (QED) is 0.725. The van der Waals surface area contributed by atoms with Gasteiger partial charge in [0.05, 0.1) is 24.8 Å². The standard InChI is InChI=1S/C10H14O4/c1-2-3-4-13-10-5-9(12)8(6-11)7-14-10/h5,7,11H,2-4,6H2,1H3. The van der Waals surface area contributed by atoms with Gasteiger partial charge in [-0.3, -0.25) is 4.79 Å². The molecule has 0 radical (unpaired) electrons. The number of ether oxygens (including phenoxy) is 1. The lowest BCUT2D eigenvalue weighted by Crippen LogP contribution is -2.08. The predicted molar refractivity (Wildman–Crippen MR) is 51.3 cm³/mol. The molecule has 0 bridgehead atoms. The Bertz CT molecular complexity index is 329. The fourth-order valence-corrected chi connectivity index (χ4v) is 0.929. The van der Waals surface area contributed by atoms with Crippen molar-refractivity contribution in [3.8, 4) is 5.95 Å². The van der Waals surface area contributed by atoms with Gasteiger partial charge in [-0.2, -0.15) is 0 Å². The van der Waals surface area contributed by atoms with Crippen LogP contribution in [0.1, 0.15) is 25.3 Å². The smallest absolute Gasteiger partial charge is 0.288 e. The van der Waals surface area contributed by atoms with Crippen LogP contribution in [-0.4, -0.2) is 11.7 Å². The minimum absolute atomic E-state index is 0.209. The first kappa shape index (κ1) is 10.8. The summed E-state index contributed by atoms with van der Waals surface area (Å²) < 4.78 is 10.2. The molecule has 0 aliphatic carbocycles. The van der Waals surface area contributed by atoms with Crippen molar-refractivity contribution in [1.82, 2.24) is 0 Å². The topological polar surface area (TPSA) is 59.7 Å². The maximum absolute atomic E-state index is 11.2. The van der Waals surface area contributed by atoms with Gasteiger partial charge in [-0.25, -0.2) is 0 Å². The summed E-state index contributed by atoms with van der Waals surface area (Å²) in [5.41, 5.74) is -0.0157. The van der Waals surface area contributed by atoms with Gasteiger partial charge in [-0.05, 0) is 6.42 Å². The van der Waals surface area contributed by atoms with Crippen molar-refractivity contribution in [1.29, 1.82) is 0 Å². The maximum atomic E-state index is 11.2. The van der Waals surface area contributed by atoms with E-state index in [1.54, 1.807) is 0 Å². The Morgan fingerprint density at radius 1 is 1.57 bits per heavy atom. The summed E-state index contributed by atoms with van der Waals surface area (Å²) in [5, 5.41) is 8.72. The number of aliphatic hydroxyl groups is 1. The lowest BCUT2D eigenvalue weighted by molar-refractivity contribution is 0.226. The summed E-state index contributed by atoms with van der Waals surface area (Å²) in [6, 6.07) is 1.25. The molecule has 1 rings (SSSR count). The Balaban J connectivity index is 2.62. The molecule has 4 heteroatoms. The van der Waals surface area contributed by atoms with Crippen molar-refractivity contribution in [2.24, 2.45) is 0 Å². The summed E-state index contributed by atoms with van der Waals surface area (Å²) in [6.45, 7) is 2.28. The third kappa shape index (κ3) is 2.88. The Morgan fingerprint density at radius 2 is 2.36 bits per heavy atom. The molecule has 0 saturated heterocycles. The van der Waals surface area contributed by atoms with Gasteiger partial charge in [0.1, 0.15) is 6.26 Å². The normalized spacial score (nSPS) is 10.1. The molecule has 0 spiro atoms. The van der Waals surface area contributed by atoms with E-state index in [4.69, 9.17) is 14.3 Å². The summed E-state index contributed by atoms with van der Waals surface area (Å²) in [7, 11) is 0. The zero-order chi connectivity index (χ0) is 10.4. The fourth-order valence-electron chi connectivity index (χ4n) is 0.929. The van der Waals surface area contributed by atoms with Gasteiger partial charge in [0.25, 0.3) is 5.95 Å². The number of unbranched alkanes of at least 4 members (excludes halogenated alkanes) is 1. The molecule has 0 amide bonds. The lowest BCUT2D eigenvalue weighted by atomic mass is 10.3. The van der Waals surface area contributed by atoms with Gasteiger partial charge in [0, 0.05) is 0 Å². The van der Waals surface area contributed by atoms with E-state index >= 15 is 0 Å². The Kier molecular flexibility index (Phi) is 4.19. The molecule has 78 valence electrons. The van der Waals surface area contributed by atoms with Gasteiger partial charge in [-0.1, -0.05) is 13.3 Å². The molecule has 14 heavy (non-hydrogen) atoms. The largest absolute Gasteiger partial charge is 0.465 e. The molecule has 0 saturated carbocycles. The van der Waals surface area contributed by atoms with E-state index in [9.17, 15) is 4.79 Å². The highest BCUT2D eigenvalue weighted by atomic mass is 16.6. The summed E-state index contributed by atoms with van der Waals surface area (Å²) >= 11 is 0. The fraction of sp³-hybridized carbons (Fsp3) is 0.500. The molecule has 1 heterocycles. The number of hydrogen-bond donors (Lipinski definition) is 1. The minimum atomic E-state index is -0.308. The van der Waals surface area contributed by atoms with Gasteiger partial charge in [0.15, 0.2) is 5.43 Å². The molecule has 0 aliphatic rings. The monoisotopic (exact) mass is 198 g/mol. The molecule has 1 aromatic heterocycles. The summed E-state index contributed by atoms with van der Waals surface area (Å²) in [5.74, 6) is 0.209. The molecule has 0 atom stereocenters. The van der Waals surface area contributed by atoms with Gasteiger partial charge >= 0.3 is 0 Å². The van der Waals surface area contributed by atoms with Crippen LogP contribution in [0.4, 0.5) is 0 Å². The van der Waals surface area contributed by atoms with Gasteiger partial charge in [-0.15, -0.1) is 0 Å². The Morgan fingerprint density at radius 3 is 2.93 bits per heavy atom. The second-order valence-electron chi connectivity index (χ2n) is 2.95. The molecule has 1 aromatic rings. The maximum Gasteiger partial charge on any atom is 0.288 e. The molecule has 0 unspecified atom stereocenters. The molecule has 0 fully saturated rings. The number of hydrogen-bond acceptors (Lipinski definition) is 4. The van der Waals surface area contributed by atoms with Crippen LogP contribution in [-0.2, 0) is 6.61 Å². The van der Waals surface area contributed by atoms with E-state index in [0.717, 1.165) is 12.8 Å². The van der Waals surface area contributed by atoms with E-state index in [1.165, 1.54) is 12.3 Å². The first-order chi connectivity index (χ1) is 6.77. The van der Waals surface area contributed by atoms with Gasteiger partial charge in [0.2, 0.25) is 0 Å². The third-order valence-electron chi connectivity index (χ3n) is 1.80. The summed E-state index contributed by atoms with van der Waals surface area (Å²) in [6.07, 6.45) is 3.17. The zero-order valence-corrected chi connectivity index (χ0v) is 8.16. The van der Waals surface area contributed by atoms with Crippen LogP contribution in [0.15, 0.2) is 21.5 Å². The zero-order valence-electron chi connectivity index (χ0n) is 8.16. The Hall–Kier alpha value is -1.29. The number of aliphatic hydroxyl groups excluding tert-OH is 1. The third-order valence-corrected chi connectivity index (χ3v) is 1.80. The highest BCUT2D eigenvalue weighted by molar-refractivity contribution is 5.13. The average Bonchev–Trinajstić information content (AvgIpc) is 2.18. The van der Waals surface area contributed by atoms with Crippen molar-refractivity contribution in [2.75, 3.05) is 6.61 Å². The van der Waals surface area contributed by atoms with Crippen LogP contribution in [0.25, 0.3) is 0 Å². The van der Waals surface area contributed by atoms with Crippen LogP contribution in [0.5, 0.6) is 5.95 Å². The molecular formula is C10H14O4. The van der Waals surface area contributed by atoms with Crippen LogP contribution in [0, 0.1) is 0 Å². The average molecular weight is 198 g/mol. The van der Waals surface area contributed by atoms with Crippen molar-refractivity contribution in [2.45, 2.75) is 26.4 Å². The summed E-state index contributed by atoms with van der Waals surface area (Å²) in [4.78, 5) is 11.2. The lowest BCUT2D eigenvalue weighted by Gasteiger charge is -2.03. The molecule has 0 aromatic carbocycles. The predicted octanol–water partition coefficient (Wildman–Crippen LogP) is 1.31. The minimum Gasteiger partial charge on any atom is -0.465 e. The van der Waals surface area contributed by atoms with Crippen molar-refractivity contribution in [3.63, 3.8) is 0 Å². The second kappa shape index (κ2) is 5.44. The first-order valence-electron chi connectivity index (χ1n) is 4.63.